The second kappa shape index (κ2) is 12.7. The summed E-state index contributed by atoms with van der Waals surface area (Å²) in [4.78, 5) is 13.1. The van der Waals surface area contributed by atoms with Crippen LogP contribution in [0.25, 0.3) is 0 Å². The first-order valence-corrected chi connectivity index (χ1v) is 11.1. The minimum atomic E-state index is 0. The van der Waals surface area contributed by atoms with E-state index >= 15 is 0 Å². The first kappa shape index (κ1) is 24.3. The lowest BCUT2D eigenvalue weighted by molar-refractivity contribution is 0.219. The number of aryl methyl sites for hydroxylation is 2. The molecule has 5 nitrogen and oxygen atoms in total. The van der Waals surface area contributed by atoms with E-state index in [0.29, 0.717) is 12.6 Å². The molecular weight excluding hydrogens is 489 g/mol. The highest BCUT2D eigenvalue weighted by molar-refractivity contribution is 14.0. The summed E-state index contributed by atoms with van der Waals surface area (Å²) < 4.78 is 0. The molecular formula is C19H32IN5S2. The predicted molar refractivity (Wildman–Crippen MR) is 130 cm³/mol. The topological polar surface area (TPSA) is 52.6 Å². The Morgan fingerprint density at radius 1 is 1.22 bits per heavy atom. The van der Waals surface area contributed by atoms with Crippen molar-refractivity contribution in [2.45, 2.75) is 47.2 Å². The van der Waals surface area contributed by atoms with Gasteiger partial charge in [0.15, 0.2) is 5.96 Å². The molecule has 27 heavy (non-hydrogen) atoms. The Morgan fingerprint density at radius 2 is 1.96 bits per heavy atom. The van der Waals surface area contributed by atoms with Crippen LogP contribution < -0.4 is 10.6 Å². The van der Waals surface area contributed by atoms with E-state index in [1.165, 1.54) is 10.4 Å². The molecule has 2 N–H and O–H groups in total. The number of nitrogens with one attached hydrogen (secondary N) is 2. The van der Waals surface area contributed by atoms with Crippen molar-refractivity contribution in [3.63, 3.8) is 0 Å². The van der Waals surface area contributed by atoms with Gasteiger partial charge in [0.1, 0.15) is 5.01 Å². The number of rotatable bonds is 9. The molecule has 1 atom stereocenters. The minimum absolute atomic E-state index is 0. The molecule has 0 bridgehead atoms. The molecule has 2 heterocycles. The molecule has 2 aromatic rings. The smallest absolute Gasteiger partial charge is 0.191 e. The SMILES string of the molecule is CCNC(=NCc1nc(C)c(C)s1)NCC(c1ccsc1)N(CC)CC.I. The summed E-state index contributed by atoms with van der Waals surface area (Å²) in [6, 6.07) is 2.57. The summed E-state index contributed by atoms with van der Waals surface area (Å²) in [6.07, 6.45) is 0. The average Bonchev–Trinajstić information content (AvgIpc) is 3.26. The minimum Gasteiger partial charge on any atom is -0.357 e. The normalized spacial score (nSPS) is 12.7. The van der Waals surface area contributed by atoms with Gasteiger partial charge in [0.05, 0.1) is 18.3 Å². The van der Waals surface area contributed by atoms with Crippen LogP contribution in [0.5, 0.6) is 0 Å². The van der Waals surface area contributed by atoms with Crippen molar-refractivity contribution in [2.75, 3.05) is 26.2 Å². The first-order chi connectivity index (χ1) is 12.6. The molecule has 0 aliphatic carbocycles. The fourth-order valence-corrected chi connectivity index (χ4v) is 4.44. The van der Waals surface area contributed by atoms with Crippen molar-refractivity contribution in [2.24, 2.45) is 4.99 Å². The maximum atomic E-state index is 4.73. The highest BCUT2D eigenvalue weighted by Crippen LogP contribution is 2.22. The molecule has 0 saturated heterocycles. The number of halogens is 1. The molecule has 2 rings (SSSR count). The number of thiophene rings is 1. The van der Waals surface area contributed by atoms with Gasteiger partial charge in [0, 0.05) is 18.0 Å². The van der Waals surface area contributed by atoms with Crippen molar-refractivity contribution < 1.29 is 0 Å². The lowest BCUT2D eigenvalue weighted by atomic mass is 10.1. The van der Waals surface area contributed by atoms with Crippen molar-refractivity contribution >= 4 is 52.6 Å². The van der Waals surface area contributed by atoms with Crippen LogP contribution in [0.15, 0.2) is 21.8 Å². The number of guanidine groups is 1. The summed E-state index contributed by atoms with van der Waals surface area (Å²) >= 11 is 3.48. The van der Waals surface area contributed by atoms with E-state index in [4.69, 9.17) is 4.99 Å². The van der Waals surface area contributed by atoms with Crippen molar-refractivity contribution in [3.8, 4) is 0 Å². The van der Waals surface area contributed by atoms with Crippen LogP contribution in [0.1, 0.15) is 48.0 Å². The standard InChI is InChI=1S/C19H31N5S2.HI/c1-6-20-19(22-12-18-23-14(4)15(5)26-18)21-11-17(24(7-2)8-3)16-9-10-25-13-16;/h9-10,13,17H,6-8,11-12H2,1-5H3,(H2,20,21,22);1H. The molecule has 0 spiro atoms. The fourth-order valence-electron chi connectivity index (χ4n) is 2.88. The van der Waals surface area contributed by atoms with Crippen molar-refractivity contribution in [1.82, 2.24) is 20.5 Å². The number of aliphatic imine (C=N–C) groups is 1. The van der Waals surface area contributed by atoms with Gasteiger partial charge in [-0.3, -0.25) is 4.90 Å². The highest BCUT2D eigenvalue weighted by Gasteiger charge is 2.18. The second-order valence-electron chi connectivity index (χ2n) is 6.12. The molecule has 152 valence electrons. The van der Waals surface area contributed by atoms with Crippen molar-refractivity contribution in [3.05, 3.63) is 38.0 Å². The van der Waals surface area contributed by atoms with Gasteiger partial charge < -0.3 is 10.6 Å². The monoisotopic (exact) mass is 521 g/mol. The van der Waals surface area contributed by atoms with Gasteiger partial charge in [-0.25, -0.2) is 9.98 Å². The molecule has 0 aromatic carbocycles. The Balaban J connectivity index is 0.00000364. The molecule has 0 saturated carbocycles. The third-order valence-electron chi connectivity index (χ3n) is 4.43. The molecule has 0 radical (unpaired) electrons. The van der Waals surface area contributed by atoms with E-state index in [0.717, 1.165) is 42.8 Å². The van der Waals surface area contributed by atoms with E-state index in [-0.39, 0.29) is 24.0 Å². The number of thiazole rings is 1. The quantitative estimate of drug-likeness (QED) is 0.288. The maximum absolute atomic E-state index is 4.73. The Bertz CT molecular complexity index is 661. The van der Waals surface area contributed by atoms with Gasteiger partial charge in [0.2, 0.25) is 0 Å². The van der Waals surface area contributed by atoms with Gasteiger partial charge >= 0.3 is 0 Å². The molecule has 0 aliphatic heterocycles. The lowest BCUT2D eigenvalue weighted by Crippen LogP contribution is -2.43. The van der Waals surface area contributed by atoms with Gasteiger partial charge in [-0.1, -0.05) is 13.8 Å². The number of hydrogen-bond acceptors (Lipinski definition) is 5. The Morgan fingerprint density at radius 3 is 2.48 bits per heavy atom. The summed E-state index contributed by atoms with van der Waals surface area (Å²) in [6.45, 7) is 15.0. The van der Waals surface area contributed by atoms with Crippen LogP contribution in [0.2, 0.25) is 0 Å². The average molecular weight is 522 g/mol. The first-order valence-electron chi connectivity index (χ1n) is 9.30. The number of likely N-dealkylation sites (N-methyl/N-ethyl adjacent to an activating group) is 1. The van der Waals surface area contributed by atoms with E-state index in [2.05, 4.69) is 72.0 Å². The van der Waals surface area contributed by atoms with Gasteiger partial charge in [-0.05, 0) is 56.3 Å². The van der Waals surface area contributed by atoms with E-state index < -0.39 is 0 Å². The summed E-state index contributed by atoms with van der Waals surface area (Å²) in [5, 5.41) is 12.3. The zero-order valence-electron chi connectivity index (χ0n) is 16.9. The van der Waals surface area contributed by atoms with Gasteiger partial charge in [-0.15, -0.1) is 35.3 Å². The third kappa shape index (κ3) is 7.32. The third-order valence-corrected chi connectivity index (χ3v) is 6.19. The van der Waals surface area contributed by atoms with Crippen LogP contribution in [0.3, 0.4) is 0 Å². The highest BCUT2D eigenvalue weighted by atomic mass is 127. The molecule has 0 aliphatic rings. The zero-order chi connectivity index (χ0) is 18.9. The van der Waals surface area contributed by atoms with E-state index in [9.17, 15) is 0 Å². The fraction of sp³-hybridized carbons (Fsp3) is 0.579. The van der Waals surface area contributed by atoms with Crippen molar-refractivity contribution in [1.29, 1.82) is 0 Å². The van der Waals surface area contributed by atoms with Crippen LogP contribution in [0.4, 0.5) is 0 Å². The van der Waals surface area contributed by atoms with E-state index in [1.807, 2.05) is 0 Å². The molecule has 0 amide bonds. The summed E-state index contributed by atoms with van der Waals surface area (Å²) in [5.41, 5.74) is 2.48. The summed E-state index contributed by atoms with van der Waals surface area (Å²) in [5.74, 6) is 0.852. The van der Waals surface area contributed by atoms with E-state index in [1.54, 1.807) is 22.7 Å². The molecule has 0 fully saturated rings. The number of hydrogen-bond donors (Lipinski definition) is 2. The lowest BCUT2D eigenvalue weighted by Gasteiger charge is -2.30. The van der Waals surface area contributed by atoms with Crippen LogP contribution >= 0.6 is 46.7 Å². The van der Waals surface area contributed by atoms with Gasteiger partial charge in [-0.2, -0.15) is 11.3 Å². The van der Waals surface area contributed by atoms with Crippen LogP contribution in [0, 0.1) is 13.8 Å². The Kier molecular flexibility index (Phi) is 11.4. The largest absolute Gasteiger partial charge is 0.357 e. The molecule has 2 aromatic heterocycles. The zero-order valence-corrected chi connectivity index (χ0v) is 20.9. The maximum Gasteiger partial charge on any atom is 0.191 e. The van der Waals surface area contributed by atoms with Crippen LogP contribution in [-0.2, 0) is 6.54 Å². The molecule has 8 heteroatoms. The molecule has 1 unspecified atom stereocenters. The number of nitrogens with zero attached hydrogens (tertiary/aromatic N) is 3. The van der Waals surface area contributed by atoms with Gasteiger partial charge in [0.25, 0.3) is 0 Å². The number of aromatic nitrogens is 1. The Labute approximate surface area is 188 Å². The summed E-state index contributed by atoms with van der Waals surface area (Å²) in [7, 11) is 0. The predicted octanol–water partition coefficient (Wildman–Crippen LogP) is 4.58. The Hall–Kier alpha value is -0.710. The van der Waals surface area contributed by atoms with Crippen LogP contribution in [-0.4, -0.2) is 42.0 Å². The second-order valence-corrected chi connectivity index (χ2v) is 8.19.